The number of guanidine groups is 1. The molecule has 2 rings (SSSR count). The first-order valence-electron chi connectivity index (χ1n) is 9.46. The fourth-order valence-corrected chi connectivity index (χ4v) is 3.35. The third kappa shape index (κ3) is 6.44. The molecule has 1 amide bonds. The molecule has 6 nitrogen and oxygen atoms in total. The van der Waals surface area contributed by atoms with Crippen molar-refractivity contribution in [3.8, 4) is 0 Å². The first kappa shape index (κ1) is 19.3. The lowest BCUT2D eigenvalue weighted by atomic mass is 10.0. The Hall–Kier alpha value is -1.98. The summed E-state index contributed by atoms with van der Waals surface area (Å²) in [5.74, 6) is 1.63. The lowest BCUT2D eigenvalue weighted by Gasteiger charge is -2.22. The number of nitrogens with one attached hydrogen (secondary N) is 2. The Kier molecular flexibility index (Phi) is 7.82. The molecule has 1 aliphatic rings. The second-order valence-corrected chi connectivity index (χ2v) is 6.91. The van der Waals surface area contributed by atoms with Gasteiger partial charge in [0.05, 0.1) is 13.1 Å². The largest absolute Gasteiger partial charge is 0.357 e. The fraction of sp³-hybridized carbons (Fsp3) is 0.684. The highest BCUT2D eigenvalue weighted by Crippen LogP contribution is 2.27. The molecule has 1 heterocycles. The number of aromatic nitrogens is 1. The van der Waals surface area contributed by atoms with Gasteiger partial charge in [0.2, 0.25) is 5.91 Å². The van der Waals surface area contributed by atoms with Gasteiger partial charge in [-0.3, -0.25) is 9.79 Å². The third-order valence-corrected chi connectivity index (χ3v) is 4.79. The monoisotopic (exact) mass is 347 g/mol. The summed E-state index contributed by atoms with van der Waals surface area (Å²) in [6.45, 7) is 4.87. The summed E-state index contributed by atoms with van der Waals surface area (Å²) in [4.78, 5) is 18.7. The van der Waals surface area contributed by atoms with E-state index < -0.39 is 0 Å². The average Bonchev–Trinajstić information content (AvgIpc) is 3.22. The van der Waals surface area contributed by atoms with Gasteiger partial charge in [0.25, 0.3) is 0 Å². The maximum Gasteiger partial charge on any atom is 0.220 e. The number of amides is 1. The summed E-state index contributed by atoms with van der Waals surface area (Å²) < 4.78 is 2.11. The van der Waals surface area contributed by atoms with Crippen LogP contribution in [-0.4, -0.2) is 48.0 Å². The lowest BCUT2D eigenvalue weighted by Crippen LogP contribution is -2.39. The van der Waals surface area contributed by atoms with E-state index in [0.29, 0.717) is 25.4 Å². The molecule has 1 fully saturated rings. The van der Waals surface area contributed by atoms with Gasteiger partial charge in [-0.2, -0.15) is 0 Å². The van der Waals surface area contributed by atoms with Gasteiger partial charge in [-0.05, 0) is 37.8 Å². The van der Waals surface area contributed by atoms with Gasteiger partial charge < -0.3 is 20.1 Å². The van der Waals surface area contributed by atoms with Gasteiger partial charge in [0, 0.05) is 45.5 Å². The van der Waals surface area contributed by atoms with Crippen molar-refractivity contribution in [2.24, 2.45) is 18.0 Å². The predicted octanol–water partition coefficient (Wildman–Crippen LogP) is 2.12. The maximum atomic E-state index is 12.0. The van der Waals surface area contributed by atoms with Gasteiger partial charge >= 0.3 is 0 Å². The number of rotatable bonds is 8. The molecule has 0 aromatic carbocycles. The molecule has 1 aromatic heterocycles. The SMILES string of the molecule is CCNC(=NCCNC(=O)CC1CCCC1)N(C)Cc1cccn1C. The predicted molar refractivity (Wildman–Crippen MR) is 102 cm³/mol. The van der Waals surface area contributed by atoms with Crippen molar-refractivity contribution in [3.05, 3.63) is 24.0 Å². The van der Waals surface area contributed by atoms with Crippen LogP contribution in [0.5, 0.6) is 0 Å². The molecule has 0 radical (unpaired) electrons. The van der Waals surface area contributed by atoms with Crippen molar-refractivity contribution in [2.75, 3.05) is 26.7 Å². The molecule has 2 N–H and O–H groups in total. The van der Waals surface area contributed by atoms with E-state index in [1.54, 1.807) is 0 Å². The Balaban J connectivity index is 1.76. The average molecular weight is 348 g/mol. The molecule has 0 spiro atoms. The molecule has 1 saturated carbocycles. The van der Waals surface area contributed by atoms with Crippen molar-refractivity contribution in [2.45, 2.75) is 45.6 Å². The van der Waals surface area contributed by atoms with E-state index in [1.807, 2.05) is 26.4 Å². The van der Waals surface area contributed by atoms with Crippen molar-refractivity contribution in [1.29, 1.82) is 0 Å². The molecule has 0 saturated heterocycles. The number of nitrogens with zero attached hydrogens (tertiary/aromatic N) is 3. The van der Waals surface area contributed by atoms with Crippen LogP contribution in [0.25, 0.3) is 0 Å². The summed E-state index contributed by atoms with van der Waals surface area (Å²) in [5.41, 5.74) is 1.23. The normalized spacial score (nSPS) is 15.4. The Bertz CT molecular complexity index is 560. The molecular weight excluding hydrogens is 314 g/mol. The first-order valence-corrected chi connectivity index (χ1v) is 9.46. The Labute approximate surface area is 151 Å². The van der Waals surface area contributed by atoms with Crippen molar-refractivity contribution in [1.82, 2.24) is 20.1 Å². The summed E-state index contributed by atoms with van der Waals surface area (Å²) in [5, 5.41) is 6.32. The second-order valence-electron chi connectivity index (χ2n) is 6.91. The van der Waals surface area contributed by atoms with E-state index in [-0.39, 0.29) is 5.91 Å². The van der Waals surface area contributed by atoms with E-state index in [2.05, 4.69) is 38.1 Å². The van der Waals surface area contributed by atoms with Gasteiger partial charge in [0.1, 0.15) is 0 Å². The van der Waals surface area contributed by atoms with E-state index >= 15 is 0 Å². The minimum absolute atomic E-state index is 0.171. The highest BCUT2D eigenvalue weighted by Gasteiger charge is 2.18. The van der Waals surface area contributed by atoms with Gasteiger partial charge in [-0.25, -0.2) is 0 Å². The smallest absolute Gasteiger partial charge is 0.220 e. The number of carbonyl (C=O) groups excluding carboxylic acids is 1. The minimum atomic E-state index is 0.171. The van der Waals surface area contributed by atoms with E-state index in [0.717, 1.165) is 19.0 Å². The number of carbonyl (C=O) groups is 1. The van der Waals surface area contributed by atoms with Crippen LogP contribution in [0.1, 0.15) is 44.7 Å². The summed E-state index contributed by atoms with van der Waals surface area (Å²) in [7, 11) is 4.08. The zero-order valence-corrected chi connectivity index (χ0v) is 15.9. The van der Waals surface area contributed by atoms with Crippen LogP contribution < -0.4 is 10.6 Å². The van der Waals surface area contributed by atoms with E-state index in [9.17, 15) is 4.79 Å². The summed E-state index contributed by atoms with van der Waals surface area (Å²) in [6.07, 6.45) is 7.70. The molecule has 25 heavy (non-hydrogen) atoms. The van der Waals surface area contributed by atoms with Gasteiger partial charge in [-0.15, -0.1) is 0 Å². The zero-order valence-electron chi connectivity index (χ0n) is 15.9. The van der Waals surface area contributed by atoms with Crippen LogP contribution in [0.4, 0.5) is 0 Å². The van der Waals surface area contributed by atoms with Crippen molar-refractivity contribution < 1.29 is 4.79 Å². The molecule has 6 heteroatoms. The molecular formula is C19H33N5O. The Morgan fingerprint density at radius 3 is 2.76 bits per heavy atom. The summed E-state index contributed by atoms with van der Waals surface area (Å²) >= 11 is 0. The second kappa shape index (κ2) is 10.1. The lowest BCUT2D eigenvalue weighted by molar-refractivity contribution is -0.121. The van der Waals surface area contributed by atoms with Crippen molar-refractivity contribution >= 4 is 11.9 Å². The number of hydrogen-bond acceptors (Lipinski definition) is 2. The summed E-state index contributed by atoms with van der Waals surface area (Å²) in [6, 6.07) is 4.16. The first-order chi connectivity index (χ1) is 12.1. The Morgan fingerprint density at radius 1 is 1.36 bits per heavy atom. The maximum absolute atomic E-state index is 12.0. The molecule has 1 aliphatic carbocycles. The third-order valence-electron chi connectivity index (χ3n) is 4.79. The molecule has 0 bridgehead atoms. The minimum Gasteiger partial charge on any atom is -0.357 e. The van der Waals surface area contributed by atoms with Crippen LogP contribution in [0.3, 0.4) is 0 Å². The number of aliphatic imine (C=N–C) groups is 1. The fourth-order valence-electron chi connectivity index (χ4n) is 3.35. The Morgan fingerprint density at radius 2 is 2.12 bits per heavy atom. The van der Waals surface area contributed by atoms with Gasteiger partial charge in [-0.1, -0.05) is 12.8 Å². The topological polar surface area (TPSA) is 61.7 Å². The molecule has 0 atom stereocenters. The molecule has 1 aromatic rings. The standard InChI is InChI=1S/C19H33N5O/c1-4-20-19(24(3)15-17-10-7-13-23(17)2)22-12-11-21-18(25)14-16-8-5-6-9-16/h7,10,13,16H,4-6,8-9,11-12,14-15H2,1-3H3,(H,20,22)(H,21,25). The van der Waals surface area contributed by atoms with E-state index in [1.165, 1.54) is 31.4 Å². The number of hydrogen-bond donors (Lipinski definition) is 2. The van der Waals surface area contributed by atoms with Crippen LogP contribution in [0, 0.1) is 5.92 Å². The number of aryl methyl sites for hydroxylation is 1. The van der Waals surface area contributed by atoms with Crippen LogP contribution >= 0.6 is 0 Å². The molecule has 0 unspecified atom stereocenters. The molecule has 140 valence electrons. The van der Waals surface area contributed by atoms with Crippen LogP contribution in [-0.2, 0) is 18.4 Å². The molecule has 0 aliphatic heterocycles. The van der Waals surface area contributed by atoms with E-state index in [4.69, 9.17) is 0 Å². The van der Waals surface area contributed by atoms with Crippen LogP contribution in [0.15, 0.2) is 23.3 Å². The van der Waals surface area contributed by atoms with Crippen LogP contribution in [0.2, 0.25) is 0 Å². The highest BCUT2D eigenvalue weighted by atomic mass is 16.1. The quantitative estimate of drug-likeness (QED) is 0.430. The van der Waals surface area contributed by atoms with Gasteiger partial charge in [0.15, 0.2) is 5.96 Å². The highest BCUT2D eigenvalue weighted by molar-refractivity contribution is 5.79. The van der Waals surface area contributed by atoms with Crippen molar-refractivity contribution in [3.63, 3.8) is 0 Å². The zero-order chi connectivity index (χ0) is 18.1.